The van der Waals surface area contributed by atoms with Gasteiger partial charge in [-0.2, -0.15) is 4.40 Å². The second-order valence-electron chi connectivity index (χ2n) is 5.48. The maximum Gasteiger partial charge on any atom is 0.368 e. The number of ether oxygens (including phenoxy) is 1. The molecule has 2 aromatic carbocycles. The first-order valence-electron chi connectivity index (χ1n) is 7.59. The molecule has 2 aromatic heterocycles. The summed E-state index contributed by atoms with van der Waals surface area (Å²) >= 11 is 0. The summed E-state index contributed by atoms with van der Waals surface area (Å²) in [5, 5.41) is 0. The van der Waals surface area contributed by atoms with Gasteiger partial charge in [-0.25, -0.2) is 9.55 Å². The third-order valence-electron chi connectivity index (χ3n) is 4.13. The summed E-state index contributed by atoms with van der Waals surface area (Å²) < 4.78 is 9.65. The van der Waals surface area contributed by atoms with Crippen molar-refractivity contribution < 1.29 is 9.30 Å². The average molecular weight is 304 g/mol. The van der Waals surface area contributed by atoms with Crippen LogP contribution in [0.4, 0.5) is 0 Å². The van der Waals surface area contributed by atoms with E-state index in [1.54, 1.807) is 7.11 Å². The van der Waals surface area contributed by atoms with Crippen LogP contribution < -0.4 is 9.30 Å². The van der Waals surface area contributed by atoms with Crippen molar-refractivity contribution >= 4 is 16.8 Å². The molecule has 0 atom stereocenters. The molecule has 2 heterocycles. The topological polar surface area (TPSA) is 33.3 Å². The fourth-order valence-corrected chi connectivity index (χ4v) is 3.03. The first-order chi connectivity index (χ1) is 11.3. The summed E-state index contributed by atoms with van der Waals surface area (Å²) in [5.74, 6) is 1.91. The van der Waals surface area contributed by atoms with E-state index in [4.69, 9.17) is 4.74 Å². The van der Waals surface area contributed by atoms with Gasteiger partial charge in [0.25, 0.3) is 0 Å². The molecule has 4 nitrogen and oxygen atoms in total. The Morgan fingerprint density at radius 1 is 1.17 bits per heavy atom. The zero-order chi connectivity index (χ0) is 15.8. The molecule has 114 valence electrons. The Morgan fingerprint density at radius 3 is 2.70 bits per heavy atom. The highest BCUT2D eigenvalue weighted by atomic mass is 16.5. The van der Waals surface area contributed by atoms with Crippen molar-refractivity contribution in [3.63, 3.8) is 0 Å². The monoisotopic (exact) mass is 304 g/mol. The van der Waals surface area contributed by atoms with Crippen molar-refractivity contribution in [1.29, 1.82) is 0 Å². The van der Waals surface area contributed by atoms with E-state index in [1.165, 1.54) is 11.0 Å². The summed E-state index contributed by atoms with van der Waals surface area (Å²) in [5.41, 5.74) is 4.58. The molecule has 0 saturated carbocycles. The fraction of sp³-hybridized carbons (Fsp3) is 0.105. The Labute approximate surface area is 134 Å². The summed E-state index contributed by atoms with van der Waals surface area (Å²) in [6, 6.07) is 16.5. The molecule has 4 rings (SSSR count). The van der Waals surface area contributed by atoms with E-state index < -0.39 is 0 Å². The van der Waals surface area contributed by atoms with E-state index in [1.807, 2.05) is 18.2 Å². The van der Waals surface area contributed by atoms with Gasteiger partial charge in [0.15, 0.2) is 0 Å². The van der Waals surface area contributed by atoms with Crippen LogP contribution in [0.25, 0.3) is 28.1 Å². The number of aromatic amines is 1. The Hall–Kier alpha value is -3.01. The lowest BCUT2D eigenvalue weighted by Gasteiger charge is -1.99. The molecule has 1 N–H and O–H groups in total. The van der Waals surface area contributed by atoms with Crippen LogP contribution in [0, 0.1) is 0 Å². The first kappa shape index (κ1) is 13.6. The number of hydrogen-bond acceptors (Lipinski definition) is 1. The molecular formula is C19H18N3O+. The standard InChI is InChI=1S/C19H17N3O/c1-3-12-21-17-6-4-5-7-18(17)22-13-16(20-19(21)22)14-8-10-15(23-2)11-9-14/h3-11,13H,1,12H2,2H3/p+1. The summed E-state index contributed by atoms with van der Waals surface area (Å²) in [4.78, 5) is 3.53. The molecule has 4 heteroatoms. The van der Waals surface area contributed by atoms with E-state index in [0.29, 0.717) is 0 Å². The number of allylic oxidation sites excluding steroid dienone is 1. The molecule has 23 heavy (non-hydrogen) atoms. The number of imidazole rings is 2. The number of fused-ring (bicyclic) bond motifs is 3. The van der Waals surface area contributed by atoms with Gasteiger partial charge >= 0.3 is 5.78 Å². The molecule has 0 spiro atoms. The predicted octanol–water partition coefficient (Wildman–Crippen LogP) is 3.57. The van der Waals surface area contributed by atoms with Crippen LogP contribution in [-0.2, 0) is 6.54 Å². The van der Waals surface area contributed by atoms with Gasteiger partial charge in [0.1, 0.15) is 28.7 Å². The third kappa shape index (κ3) is 2.11. The zero-order valence-electron chi connectivity index (χ0n) is 13.0. The number of H-pyrrole nitrogens is 1. The third-order valence-corrected chi connectivity index (χ3v) is 4.13. The lowest BCUT2D eigenvalue weighted by atomic mass is 10.2. The van der Waals surface area contributed by atoms with Crippen molar-refractivity contribution in [3.05, 3.63) is 67.4 Å². The van der Waals surface area contributed by atoms with Crippen LogP contribution >= 0.6 is 0 Å². The van der Waals surface area contributed by atoms with Crippen molar-refractivity contribution in [2.45, 2.75) is 6.54 Å². The van der Waals surface area contributed by atoms with Crippen LogP contribution in [0.1, 0.15) is 0 Å². The van der Waals surface area contributed by atoms with Crippen LogP contribution in [-0.4, -0.2) is 16.5 Å². The number of methoxy groups -OCH3 is 1. The smallest absolute Gasteiger partial charge is 0.368 e. The number of rotatable bonds is 4. The largest absolute Gasteiger partial charge is 0.497 e. The molecule has 0 amide bonds. The van der Waals surface area contributed by atoms with Gasteiger partial charge in [0.2, 0.25) is 0 Å². The van der Waals surface area contributed by atoms with Gasteiger partial charge in [0, 0.05) is 5.56 Å². The quantitative estimate of drug-likeness (QED) is 0.454. The van der Waals surface area contributed by atoms with Crippen molar-refractivity contribution in [2.24, 2.45) is 0 Å². The van der Waals surface area contributed by atoms with E-state index in [2.05, 4.69) is 63.1 Å². The van der Waals surface area contributed by atoms with Crippen LogP contribution in [0.5, 0.6) is 5.75 Å². The van der Waals surface area contributed by atoms with Crippen LogP contribution in [0.15, 0.2) is 67.4 Å². The Kier molecular flexibility index (Phi) is 3.15. The minimum atomic E-state index is 0.763. The predicted molar refractivity (Wildman–Crippen MR) is 91.6 cm³/mol. The van der Waals surface area contributed by atoms with Crippen molar-refractivity contribution in [1.82, 2.24) is 9.38 Å². The lowest BCUT2D eigenvalue weighted by Crippen LogP contribution is -2.32. The number of benzene rings is 2. The molecule has 0 aliphatic rings. The van der Waals surface area contributed by atoms with Gasteiger partial charge in [-0.15, -0.1) is 0 Å². The van der Waals surface area contributed by atoms with Crippen molar-refractivity contribution in [3.8, 4) is 17.0 Å². The SMILES string of the molecule is C=CC[n+]1c2ccccc2n2cc(-c3ccc(OC)cc3)[nH]c21. The van der Waals surface area contributed by atoms with Crippen LogP contribution in [0.2, 0.25) is 0 Å². The molecule has 0 unspecified atom stereocenters. The Bertz CT molecular complexity index is 993. The van der Waals surface area contributed by atoms with Gasteiger partial charge in [-0.05, 0) is 36.4 Å². The van der Waals surface area contributed by atoms with Gasteiger partial charge < -0.3 is 4.74 Å². The molecule has 4 aromatic rings. The van der Waals surface area contributed by atoms with E-state index in [0.717, 1.165) is 29.3 Å². The number of hydrogen-bond donors (Lipinski definition) is 1. The molecule has 0 aliphatic carbocycles. The molecule has 0 fully saturated rings. The van der Waals surface area contributed by atoms with E-state index in [9.17, 15) is 0 Å². The zero-order valence-corrected chi connectivity index (χ0v) is 13.0. The van der Waals surface area contributed by atoms with Crippen LogP contribution in [0.3, 0.4) is 0 Å². The Morgan fingerprint density at radius 2 is 1.96 bits per heavy atom. The number of aromatic nitrogens is 3. The number of nitrogens with zero attached hydrogens (tertiary/aromatic N) is 2. The highest BCUT2D eigenvalue weighted by molar-refractivity contribution is 5.76. The average Bonchev–Trinajstić information content (AvgIpc) is 3.15. The van der Waals surface area contributed by atoms with E-state index in [-0.39, 0.29) is 0 Å². The highest BCUT2D eigenvalue weighted by Gasteiger charge is 2.20. The second kappa shape index (κ2) is 5.32. The summed E-state index contributed by atoms with van der Waals surface area (Å²) in [6.45, 7) is 4.64. The second-order valence-corrected chi connectivity index (χ2v) is 5.48. The minimum Gasteiger partial charge on any atom is -0.497 e. The maximum atomic E-state index is 5.23. The first-order valence-corrected chi connectivity index (χ1v) is 7.59. The molecule has 0 bridgehead atoms. The molecule has 0 saturated heterocycles. The van der Waals surface area contributed by atoms with Gasteiger partial charge in [-0.1, -0.05) is 24.8 Å². The van der Waals surface area contributed by atoms with E-state index >= 15 is 0 Å². The summed E-state index contributed by atoms with van der Waals surface area (Å²) in [6.07, 6.45) is 4.05. The Balaban J connectivity index is 1.93. The van der Waals surface area contributed by atoms with Gasteiger partial charge in [0.05, 0.1) is 13.7 Å². The highest BCUT2D eigenvalue weighted by Crippen LogP contribution is 2.24. The fourth-order valence-electron chi connectivity index (χ4n) is 3.03. The number of nitrogens with one attached hydrogen (secondary N) is 1. The molecule has 0 radical (unpaired) electrons. The normalized spacial score (nSPS) is 11.2. The number of para-hydroxylation sites is 2. The molecule has 0 aliphatic heterocycles. The maximum absolute atomic E-state index is 5.23. The van der Waals surface area contributed by atoms with Crippen molar-refractivity contribution in [2.75, 3.05) is 7.11 Å². The molecular weight excluding hydrogens is 286 g/mol. The summed E-state index contributed by atoms with van der Waals surface area (Å²) in [7, 11) is 1.68. The van der Waals surface area contributed by atoms with Gasteiger partial charge in [-0.3, -0.25) is 0 Å². The lowest BCUT2D eigenvalue weighted by molar-refractivity contribution is -0.636. The minimum absolute atomic E-state index is 0.763.